The van der Waals surface area contributed by atoms with Crippen molar-refractivity contribution >= 4 is 77.8 Å². The quantitative estimate of drug-likeness (QED) is 0.126. The van der Waals surface area contributed by atoms with E-state index in [1.807, 2.05) is 0 Å². The van der Waals surface area contributed by atoms with Crippen LogP contribution in [-0.2, 0) is 23.6 Å². The Morgan fingerprint density at radius 2 is 0.667 bits per heavy atom. The summed E-state index contributed by atoms with van der Waals surface area (Å²) in [6.45, 7) is 0. The Morgan fingerprint density at radius 3 is 0.909 bits per heavy atom. The van der Waals surface area contributed by atoms with Crippen LogP contribution in [0, 0.1) is 0 Å². The van der Waals surface area contributed by atoms with Gasteiger partial charge in [-0.2, -0.15) is 0 Å². The Bertz CT molecular complexity index is 1040. The van der Waals surface area contributed by atoms with Crippen LogP contribution in [0.3, 0.4) is 0 Å². The molecule has 33 heavy (non-hydrogen) atoms. The number of hydrogen-bond acceptors (Lipinski definition) is 2. The van der Waals surface area contributed by atoms with Crippen molar-refractivity contribution < 1.29 is 0 Å². The van der Waals surface area contributed by atoms with E-state index in [1.165, 1.54) is 30.2 Å². The van der Waals surface area contributed by atoms with Gasteiger partial charge in [-0.3, -0.25) is 0 Å². The van der Waals surface area contributed by atoms with E-state index in [2.05, 4.69) is 121 Å². The zero-order chi connectivity index (χ0) is 23.0. The molecule has 168 valence electrons. The third kappa shape index (κ3) is 6.16. The molecule has 4 aromatic carbocycles. The first-order valence-electron chi connectivity index (χ1n) is 11.1. The van der Waals surface area contributed by atoms with E-state index in [1.54, 1.807) is 0 Å². The molecule has 0 fully saturated rings. The minimum atomic E-state index is -1.77. The van der Waals surface area contributed by atoms with Gasteiger partial charge in [-0.1, -0.05) is 0 Å². The van der Waals surface area contributed by atoms with Crippen molar-refractivity contribution in [3.8, 4) is 0 Å². The van der Waals surface area contributed by atoms with Crippen LogP contribution in [0.5, 0.6) is 0 Å². The Morgan fingerprint density at radius 1 is 0.424 bits per heavy atom. The van der Waals surface area contributed by atoms with Crippen LogP contribution in [0.25, 0.3) is 0 Å². The second-order valence-electron chi connectivity index (χ2n) is 7.88. The molecule has 0 amide bonds. The second-order valence-corrected chi connectivity index (χ2v) is 21.0. The van der Waals surface area contributed by atoms with Gasteiger partial charge in [0.15, 0.2) is 0 Å². The molecular formula is C28H28P2S2Te. The van der Waals surface area contributed by atoms with Gasteiger partial charge in [-0.15, -0.1) is 0 Å². The Hall–Kier alpha value is -1.03. The zero-order valence-corrected chi connectivity index (χ0v) is 24.2. The predicted molar refractivity (Wildman–Crippen MR) is 158 cm³/mol. The molecule has 0 N–H and O–H groups in total. The summed E-state index contributed by atoms with van der Waals surface area (Å²) in [7, 11) is 0. The molecule has 0 nitrogen and oxygen atoms in total. The summed E-state index contributed by atoms with van der Waals surface area (Å²) in [6.07, 6.45) is 2.25. The molecule has 0 unspecified atom stereocenters. The first-order valence-corrected chi connectivity index (χ1v) is 20.4. The fraction of sp³-hybridized carbons (Fsp3) is 0.143. The van der Waals surface area contributed by atoms with E-state index in [0.717, 1.165) is 12.3 Å². The number of rotatable bonds is 10. The van der Waals surface area contributed by atoms with Crippen LogP contribution in [0.4, 0.5) is 0 Å². The van der Waals surface area contributed by atoms with Gasteiger partial charge in [-0.25, -0.2) is 0 Å². The average molecular weight is 618 g/mol. The number of hydrogen-bond donors (Lipinski definition) is 0. The molecule has 0 saturated carbocycles. The molecule has 0 bridgehead atoms. The van der Waals surface area contributed by atoms with Crippen LogP contribution in [0.15, 0.2) is 121 Å². The van der Waals surface area contributed by atoms with Crippen molar-refractivity contribution in [2.75, 3.05) is 12.3 Å². The fourth-order valence-corrected chi connectivity index (χ4v) is 20.7. The summed E-state index contributed by atoms with van der Waals surface area (Å²) < 4.78 is 2.54. The van der Waals surface area contributed by atoms with E-state index < -0.39 is 12.1 Å². The SMILES string of the molecule is S=P(CC[Te]CCP(=S)(c1ccccc1)c1ccccc1)(c1ccccc1)c1ccccc1. The van der Waals surface area contributed by atoms with Gasteiger partial charge in [0.25, 0.3) is 0 Å². The molecule has 0 aliphatic carbocycles. The Labute approximate surface area is 219 Å². The third-order valence-electron chi connectivity index (χ3n) is 5.79. The molecule has 0 aliphatic rings. The molecule has 0 heterocycles. The molecule has 0 spiro atoms. The van der Waals surface area contributed by atoms with Gasteiger partial charge in [0.05, 0.1) is 0 Å². The van der Waals surface area contributed by atoms with Gasteiger partial charge in [0.1, 0.15) is 0 Å². The van der Waals surface area contributed by atoms with Crippen LogP contribution in [0.1, 0.15) is 0 Å². The van der Waals surface area contributed by atoms with Gasteiger partial charge in [0.2, 0.25) is 0 Å². The normalized spacial score (nSPS) is 11.9. The van der Waals surface area contributed by atoms with Crippen molar-refractivity contribution in [2.24, 2.45) is 0 Å². The van der Waals surface area contributed by atoms with E-state index in [9.17, 15) is 0 Å². The average Bonchev–Trinajstić information content (AvgIpc) is 2.90. The Kier molecular flexibility index (Phi) is 9.18. The molecule has 0 aliphatic heterocycles. The van der Waals surface area contributed by atoms with Gasteiger partial charge in [0, 0.05) is 0 Å². The molecular weight excluding hydrogens is 590 g/mol. The van der Waals surface area contributed by atoms with Crippen LogP contribution in [0.2, 0.25) is 8.94 Å². The first kappa shape index (κ1) is 25.1. The van der Waals surface area contributed by atoms with E-state index in [0.29, 0.717) is 0 Å². The molecule has 5 heteroatoms. The van der Waals surface area contributed by atoms with E-state index >= 15 is 0 Å². The van der Waals surface area contributed by atoms with E-state index in [-0.39, 0.29) is 20.9 Å². The summed E-state index contributed by atoms with van der Waals surface area (Å²) >= 11 is 12.7. The van der Waals surface area contributed by atoms with Gasteiger partial charge in [-0.05, 0) is 0 Å². The third-order valence-corrected chi connectivity index (χ3v) is 20.3. The molecule has 0 aromatic heterocycles. The molecule has 0 radical (unpaired) electrons. The maximum absolute atomic E-state index is 6.43. The second kappa shape index (κ2) is 12.1. The summed E-state index contributed by atoms with van der Waals surface area (Å²) in [5, 5.41) is 5.38. The molecule has 0 saturated heterocycles. The summed E-state index contributed by atoms with van der Waals surface area (Å²) in [6, 6.07) is 39.7. The molecule has 4 aromatic rings. The van der Waals surface area contributed by atoms with Crippen molar-refractivity contribution in [1.29, 1.82) is 0 Å². The molecule has 0 atom stereocenters. The van der Waals surface area contributed by atoms with Crippen molar-refractivity contribution in [3.63, 3.8) is 0 Å². The number of benzene rings is 4. The molecule has 4 rings (SSSR count). The van der Waals surface area contributed by atoms with Crippen molar-refractivity contribution in [2.45, 2.75) is 8.94 Å². The minimum absolute atomic E-state index is 0.155. The fourth-order valence-electron chi connectivity index (χ4n) is 3.98. The van der Waals surface area contributed by atoms with E-state index in [4.69, 9.17) is 23.6 Å². The zero-order valence-electron chi connectivity index (χ0n) is 18.5. The van der Waals surface area contributed by atoms with Crippen molar-refractivity contribution in [3.05, 3.63) is 121 Å². The van der Waals surface area contributed by atoms with Crippen LogP contribution in [-0.4, -0.2) is 33.2 Å². The van der Waals surface area contributed by atoms with Gasteiger partial charge < -0.3 is 0 Å². The van der Waals surface area contributed by atoms with Crippen LogP contribution < -0.4 is 21.2 Å². The summed E-state index contributed by atoms with van der Waals surface area (Å²) in [4.78, 5) is 0. The summed E-state index contributed by atoms with van der Waals surface area (Å²) in [5.41, 5.74) is 0. The first-order chi connectivity index (χ1) is 16.1. The summed E-state index contributed by atoms with van der Waals surface area (Å²) in [5.74, 6) is 0. The monoisotopic (exact) mass is 620 g/mol. The van der Waals surface area contributed by atoms with Gasteiger partial charge >= 0.3 is 220 Å². The predicted octanol–water partition coefficient (Wildman–Crippen LogP) is 5.79. The maximum atomic E-state index is 6.43. The topological polar surface area (TPSA) is 0 Å². The van der Waals surface area contributed by atoms with Crippen molar-refractivity contribution in [1.82, 2.24) is 0 Å². The van der Waals surface area contributed by atoms with Crippen LogP contribution >= 0.6 is 12.1 Å². The standard InChI is InChI=1S/C28H28P2S2Te/c31-29(25-13-5-1-6-14-25,26-15-7-2-8-16-26)21-23-33-24-22-30(32,27-17-9-3-10-18-27)28-19-11-4-12-20-28/h1-20H,21-24H2. The Balaban J connectivity index is 1.47.